The van der Waals surface area contributed by atoms with Gasteiger partial charge in [0.05, 0.1) is 29.6 Å². The van der Waals surface area contributed by atoms with E-state index in [0.29, 0.717) is 28.6 Å². The van der Waals surface area contributed by atoms with E-state index in [-0.39, 0.29) is 17.0 Å². The van der Waals surface area contributed by atoms with Crippen molar-refractivity contribution in [2.75, 3.05) is 7.11 Å². The topological polar surface area (TPSA) is 97.0 Å². The van der Waals surface area contributed by atoms with Crippen molar-refractivity contribution in [2.24, 2.45) is 5.92 Å². The molecule has 3 aromatic rings. The van der Waals surface area contributed by atoms with Crippen LogP contribution >= 0.6 is 0 Å². The van der Waals surface area contributed by atoms with Crippen molar-refractivity contribution < 1.29 is 13.2 Å². The Morgan fingerprint density at radius 2 is 1.97 bits per heavy atom. The van der Waals surface area contributed by atoms with Crippen molar-refractivity contribution in [3.8, 4) is 23.2 Å². The molecule has 0 spiro atoms. The number of nitriles is 1. The predicted molar refractivity (Wildman–Crippen MR) is 119 cm³/mol. The molecule has 0 radical (unpaired) electrons. The van der Waals surface area contributed by atoms with Gasteiger partial charge in [0.2, 0.25) is 10.0 Å². The maximum absolute atomic E-state index is 12.7. The van der Waals surface area contributed by atoms with Gasteiger partial charge in [-0.1, -0.05) is 0 Å². The van der Waals surface area contributed by atoms with Gasteiger partial charge in [-0.05, 0) is 63.8 Å². The quantitative estimate of drug-likeness (QED) is 0.595. The summed E-state index contributed by atoms with van der Waals surface area (Å²) >= 11 is 0. The Hall–Kier alpha value is -2.89. The van der Waals surface area contributed by atoms with Gasteiger partial charge in [-0.2, -0.15) is 5.26 Å². The monoisotopic (exact) mass is 438 g/mol. The van der Waals surface area contributed by atoms with E-state index in [1.54, 1.807) is 19.2 Å². The number of methoxy groups -OCH3 is 1. The molecule has 2 heterocycles. The summed E-state index contributed by atoms with van der Waals surface area (Å²) in [5.41, 5.74) is 2.60. The average molecular weight is 439 g/mol. The highest BCUT2D eigenvalue weighted by atomic mass is 32.2. The number of hydrogen-bond donors (Lipinski definition) is 1. The van der Waals surface area contributed by atoms with Gasteiger partial charge in [0.25, 0.3) is 0 Å². The lowest BCUT2D eigenvalue weighted by Crippen LogP contribution is -2.34. The van der Waals surface area contributed by atoms with Crippen LogP contribution in [0.25, 0.3) is 22.3 Å². The van der Waals surface area contributed by atoms with Gasteiger partial charge in [0.1, 0.15) is 16.7 Å². The largest absolute Gasteiger partial charge is 0.497 e. The van der Waals surface area contributed by atoms with Crippen LogP contribution in [0.15, 0.2) is 41.4 Å². The number of nitrogens with zero attached hydrogens (tertiary/aromatic N) is 3. The first kappa shape index (κ1) is 21.3. The van der Waals surface area contributed by atoms with Gasteiger partial charge in [-0.15, -0.1) is 0 Å². The fraction of sp³-hybridized carbons (Fsp3) is 0.391. The molecule has 1 fully saturated rings. The lowest BCUT2D eigenvalue weighted by molar-refractivity contribution is 0.415. The zero-order valence-corrected chi connectivity index (χ0v) is 18.9. The third kappa shape index (κ3) is 3.91. The summed E-state index contributed by atoms with van der Waals surface area (Å²) in [6.45, 7) is 5.96. The van der Waals surface area contributed by atoms with Gasteiger partial charge in [0, 0.05) is 29.7 Å². The zero-order valence-electron chi connectivity index (χ0n) is 18.1. The number of rotatable bonds is 7. The van der Waals surface area contributed by atoms with Crippen LogP contribution in [0, 0.1) is 17.2 Å². The van der Waals surface area contributed by atoms with Gasteiger partial charge in [-0.25, -0.2) is 13.1 Å². The third-order valence-electron chi connectivity index (χ3n) is 5.80. The van der Waals surface area contributed by atoms with Crippen molar-refractivity contribution >= 4 is 20.9 Å². The van der Waals surface area contributed by atoms with Crippen LogP contribution in [0.5, 0.6) is 5.75 Å². The molecule has 1 aromatic carbocycles. The smallest absolute Gasteiger partial charge is 0.242 e. The maximum Gasteiger partial charge on any atom is 0.242 e. The second-order valence-corrected chi connectivity index (χ2v) is 10.0. The van der Waals surface area contributed by atoms with Gasteiger partial charge in [0.15, 0.2) is 0 Å². The molecule has 8 heteroatoms. The Morgan fingerprint density at radius 3 is 2.52 bits per heavy atom. The van der Waals surface area contributed by atoms with Crippen molar-refractivity contribution in [2.45, 2.75) is 50.6 Å². The molecular weight excluding hydrogens is 412 g/mol. The van der Waals surface area contributed by atoms with E-state index in [9.17, 15) is 13.7 Å². The molecule has 1 N–H and O–H groups in total. The average Bonchev–Trinajstić information content (AvgIpc) is 3.54. The molecule has 1 aliphatic rings. The summed E-state index contributed by atoms with van der Waals surface area (Å²) in [4.78, 5) is 4.57. The van der Waals surface area contributed by atoms with Crippen molar-refractivity contribution in [1.82, 2.24) is 14.3 Å². The Morgan fingerprint density at radius 1 is 1.23 bits per heavy atom. The lowest BCUT2D eigenvalue weighted by Gasteiger charge is -2.16. The number of nitrogens with one attached hydrogen (secondary N) is 1. The summed E-state index contributed by atoms with van der Waals surface area (Å²) in [5.74, 6) is 1.12. The molecule has 0 unspecified atom stereocenters. The fourth-order valence-electron chi connectivity index (χ4n) is 4.00. The molecule has 0 amide bonds. The van der Waals surface area contributed by atoms with Crippen LogP contribution in [0.2, 0.25) is 0 Å². The second-order valence-electron chi connectivity index (χ2n) is 8.31. The van der Waals surface area contributed by atoms with Crippen molar-refractivity contribution in [3.05, 3.63) is 42.1 Å². The molecule has 1 aliphatic carbocycles. The lowest BCUT2D eigenvalue weighted by atomic mass is 10.1. The Labute approximate surface area is 182 Å². The molecule has 2 aromatic heterocycles. The number of fused-ring (bicyclic) bond motifs is 1. The van der Waals surface area contributed by atoms with Gasteiger partial charge in [-0.3, -0.25) is 4.98 Å². The standard InChI is InChI=1S/C23H26N4O3S/c1-14(2)27-22-11-17(30-4)7-9-19(22)20(12-24)23(27)21-10-8-18(13-25-21)31(28,29)26-15(3)16-5-6-16/h7-11,13-16,26H,5-6H2,1-4H3/t15-/m0/s1. The summed E-state index contributed by atoms with van der Waals surface area (Å²) in [7, 11) is -2.03. The van der Waals surface area contributed by atoms with Crippen LogP contribution < -0.4 is 9.46 Å². The minimum atomic E-state index is -3.64. The van der Waals surface area contributed by atoms with Crippen LogP contribution in [0.4, 0.5) is 0 Å². The van der Waals surface area contributed by atoms with E-state index >= 15 is 0 Å². The van der Waals surface area contributed by atoms with Crippen LogP contribution in [-0.2, 0) is 10.0 Å². The predicted octanol–water partition coefficient (Wildman–Crippen LogP) is 4.24. The summed E-state index contributed by atoms with van der Waals surface area (Å²) in [6.07, 6.45) is 3.48. The Balaban J connectivity index is 1.80. The molecule has 0 aliphatic heterocycles. The Bertz CT molecular complexity index is 1270. The second kappa shape index (κ2) is 7.98. The first-order valence-electron chi connectivity index (χ1n) is 10.4. The van der Waals surface area contributed by atoms with Gasteiger partial charge < -0.3 is 9.30 Å². The summed E-state index contributed by atoms with van der Waals surface area (Å²) in [5, 5.41) is 10.7. The summed E-state index contributed by atoms with van der Waals surface area (Å²) in [6, 6.07) is 11.1. The SMILES string of the molecule is COc1ccc2c(C#N)c(-c3ccc(S(=O)(=O)N[C@@H](C)C4CC4)cn3)n(C(C)C)c2c1. The maximum atomic E-state index is 12.7. The summed E-state index contributed by atoms with van der Waals surface area (Å²) < 4.78 is 35.6. The molecule has 7 nitrogen and oxygen atoms in total. The van der Waals surface area contributed by atoms with E-state index in [1.807, 2.05) is 43.5 Å². The highest BCUT2D eigenvalue weighted by Gasteiger charge is 2.31. The normalized spacial score (nSPS) is 15.2. The van der Waals surface area contributed by atoms with Crippen LogP contribution in [-0.4, -0.2) is 31.1 Å². The number of aromatic nitrogens is 2. The molecule has 1 atom stereocenters. The minimum absolute atomic E-state index is 0.0537. The zero-order chi connectivity index (χ0) is 22.3. The number of benzene rings is 1. The number of pyridine rings is 1. The van der Waals surface area contributed by atoms with E-state index in [2.05, 4.69) is 15.8 Å². The van der Waals surface area contributed by atoms with Crippen LogP contribution in [0.1, 0.15) is 45.2 Å². The van der Waals surface area contributed by atoms with Gasteiger partial charge >= 0.3 is 0 Å². The molecule has 1 saturated carbocycles. The highest BCUT2D eigenvalue weighted by Crippen LogP contribution is 2.37. The van der Waals surface area contributed by atoms with E-state index in [0.717, 1.165) is 23.7 Å². The minimum Gasteiger partial charge on any atom is -0.497 e. The van der Waals surface area contributed by atoms with Crippen LogP contribution in [0.3, 0.4) is 0 Å². The molecule has 4 rings (SSSR count). The number of ether oxygens (including phenoxy) is 1. The molecular formula is C23H26N4O3S. The van der Waals surface area contributed by atoms with E-state index in [1.165, 1.54) is 6.20 Å². The Kier molecular flexibility index (Phi) is 5.50. The number of sulfonamides is 1. The molecule has 0 bridgehead atoms. The molecule has 31 heavy (non-hydrogen) atoms. The van der Waals surface area contributed by atoms with E-state index < -0.39 is 10.0 Å². The molecule has 162 valence electrons. The van der Waals surface area contributed by atoms with Crippen molar-refractivity contribution in [3.63, 3.8) is 0 Å². The van der Waals surface area contributed by atoms with Crippen molar-refractivity contribution in [1.29, 1.82) is 5.26 Å². The fourth-order valence-corrected chi connectivity index (χ4v) is 5.26. The number of hydrogen-bond acceptors (Lipinski definition) is 5. The highest BCUT2D eigenvalue weighted by molar-refractivity contribution is 7.89. The van der Waals surface area contributed by atoms with E-state index in [4.69, 9.17) is 4.74 Å². The first-order valence-corrected chi connectivity index (χ1v) is 11.9. The first-order chi connectivity index (χ1) is 14.8. The third-order valence-corrected chi connectivity index (χ3v) is 7.34. The molecule has 0 saturated heterocycles.